The molecule has 0 saturated heterocycles. The maximum atomic E-state index is 12.3. The van der Waals surface area contributed by atoms with Crippen LogP contribution in [0.1, 0.15) is 24.6 Å². The lowest BCUT2D eigenvalue weighted by Gasteiger charge is -2.08. The zero-order valence-electron chi connectivity index (χ0n) is 9.40. The van der Waals surface area contributed by atoms with E-state index >= 15 is 0 Å². The lowest BCUT2D eigenvalue weighted by Crippen LogP contribution is -2.21. The number of fused-ring (bicyclic) bond motifs is 1. The summed E-state index contributed by atoms with van der Waals surface area (Å²) in [5, 5.41) is 4.65. The van der Waals surface area contributed by atoms with Gasteiger partial charge in [0.05, 0.1) is 5.52 Å². The lowest BCUT2D eigenvalue weighted by molar-refractivity contribution is 0.688. The Labute approximate surface area is 92.5 Å². The third-order valence-corrected chi connectivity index (χ3v) is 3.19. The molecule has 0 bridgehead atoms. The predicted molar refractivity (Wildman–Crippen MR) is 62.4 cm³/mol. The fraction of sp³-hybridized carbons (Fsp3) is 0.455. The maximum absolute atomic E-state index is 12.3. The van der Waals surface area contributed by atoms with Crippen LogP contribution in [-0.2, 0) is 7.05 Å². The third-order valence-electron chi connectivity index (χ3n) is 3.19. The molecule has 0 aromatic carbocycles. The topological polar surface area (TPSA) is 65.8 Å². The Kier molecular flexibility index (Phi) is 1.70. The number of aromatic nitrogens is 3. The minimum absolute atomic E-state index is 0.00287. The Bertz CT molecular complexity index is 633. The highest BCUT2D eigenvalue weighted by atomic mass is 16.1. The number of nitrogens with zero attached hydrogens (tertiary/aromatic N) is 3. The zero-order chi connectivity index (χ0) is 11.4. The highest BCUT2D eigenvalue weighted by Crippen LogP contribution is 2.35. The second-order valence-corrected chi connectivity index (χ2v) is 4.46. The number of nitrogens with two attached hydrogens (primary N) is 1. The molecule has 16 heavy (non-hydrogen) atoms. The van der Waals surface area contributed by atoms with Gasteiger partial charge in [-0.05, 0) is 25.8 Å². The summed E-state index contributed by atoms with van der Waals surface area (Å²) >= 11 is 0. The summed E-state index contributed by atoms with van der Waals surface area (Å²) in [6.07, 6.45) is 2.18. The van der Waals surface area contributed by atoms with E-state index in [-0.39, 0.29) is 5.56 Å². The Morgan fingerprint density at radius 1 is 1.50 bits per heavy atom. The van der Waals surface area contributed by atoms with Crippen LogP contribution in [0.15, 0.2) is 10.9 Å². The van der Waals surface area contributed by atoms with E-state index in [9.17, 15) is 4.79 Å². The van der Waals surface area contributed by atoms with E-state index in [1.54, 1.807) is 11.7 Å². The van der Waals surface area contributed by atoms with Crippen molar-refractivity contribution in [3.63, 3.8) is 0 Å². The van der Waals surface area contributed by atoms with Crippen molar-refractivity contribution in [3.05, 3.63) is 22.1 Å². The fourth-order valence-corrected chi connectivity index (χ4v) is 2.28. The predicted octanol–water partition coefficient (Wildman–Crippen LogP) is 0.961. The largest absolute Gasteiger partial charge is 0.382 e. The van der Waals surface area contributed by atoms with Crippen LogP contribution < -0.4 is 11.3 Å². The summed E-state index contributed by atoms with van der Waals surface area (Å²) in [4.78, 5) is 12.3. The van der Waals surface area contributed by atoms with Gasteiger partial charge in [0, 0.05) is 18.8 Å². The molecule has 0 atom stereocenters. The van der Waals surface area contributed by atoms with Gasteiger partial charge in [0.1, 0.15) is 5.39 Å². The summed E-state index contributed by atoms with van der Waals surface area (Å²) in [5.74, 6) is 0.330. The van der Waals surface area contributed by atoms with Crippen LogP contribution in [0.4, 0.5) is 5.82 Å². The van der Waals surface area contributed by atoms with Gasteiger partial charge in [-0.25, -0.2) is 0 Å². The van der Waals surface area contributed by atoms with Crippen molar-refractivity contribution in [1.82, 2.24) is 14.3 Å². The second-order valence-electron chi connectivity index (χ2n) is 4.46. The van der Waals surface area contributed by atoms with Crippen LogP contribution >= 0.6 is 0 Å². The van der Waals surface area contributed by atoms with Crippen molar-refractivity contribution in [2.24, 2.45) is 7.05 Å². The van der Waals surface area contributed by atoms with E-state index < -0.39 is 0 Å². The van der Waals surface area contributed by atoms with E-state index in [4.69, 9.17) is 5.73 Å². The first kappa shape index (κ1) is 9.45. The average Bonchev–Trinajstić information content (AvgIpc) is 2.96. The van der Waals surface area contributed by atoms with Crippen LogP contribution in [0.25, 0.3) is 10.9 Å². The monoisotopic (exact) mass is 218 g/mol. The number of hydrogen-bond donors (Lipinski definition) is 1. The average molecular weight is 218 g/mol. The normalized spacial score (nSPS) is 15.9. The van der Waals surface area contributed by atoms with Crippen LogP contribution in [0, 0.1) is 6.92 Å². The highest BCUT2D eigenvalue weighted by molar-refractivity contribution is 5.88. The molecule has 0 amide bonds. The van der Waals surface area contributed by atoms with Crippen molar-refractivity contribution < 1.29 is 0 Å². The van der Waals surface area contributed by atoms with Crippen LogP contribution in [-0.4, -0.2) is 14.3 Å². The zero-order valence-corrected chi connectivity index (χ0v) is 9.40. The van der Waals surface area contributed by atoms with E-state index in [1.807, 2.05) is 17.6 Å². The van der Waals surface area contributed by atoms with E-state index in [0.29, 0.717) is 17.2 Å². The minimum Gasteiger partial charge on any atom is -0.382 e. The molecule has 1 aliphatic rings. The lowest BCUT2D eigenvalue weighted by atomic mass is 10.2. The number of rotatable bonds is 1. The summed E-state index contributed by atoms with van der Waals surface area (Å²) < 4.78 is 3.51. The summed E-state index contributed by atoms with van der Waals surface area (Å²) in [5.41, 5.74) is 7.58. The van der Waals surface area contributed by atoms with Gasteiger partial charge in [-0.2, -0.15) is 5.10 Å². The SMILES string of the molecule is Cc1cc2c(c(N)nn2C)c(=O)n1C1CC1. The number of anilines is 1. The molecule has 2 N–H and O–H groups in total. The summed E-state index contributed by atoms with van der Waals surface area (Å²) in [7, 11) is 1.80. The quantitative estimate of drug-likeness (QED) is 0.775. The van der Waals surface area contributed by atoms with E-state index in [1.165, 1.54) is 0 Å². The molecule has 2 heterocycles. The van der Waals surface area contributed by atoms with Crippen LogP contribution in [0.2, 0.25) is 0 Å². The van der Waals surface area contributed by atoms with E-state index in [2.05, 4.69) is 5.10 Å². The first-order valence-electron chi connectivity index (χ1n) is 5.44. The summed E-state index contributed by atoms with van der Waals surface area (Å²) in [6.45, 7) is 1.96. The Balaban J connectivity index is 2.46. The molecular weight excluding hydrogens is 204 g/mol. The molecule has 1 fully saturated rings. The van der Waals surface area contributed by atoms with Crippen molar-refractivity contribution in [3.8, 4) is 0 Å². The maximum Gasteiger partial charge on any atom is 0.264 e. The minimum atomic E-state index is 0.00287. The van der Waals surface area contributed by atoms with Gasteiger partial charge in [0.25, 0.3) is 5.56 Å². The molecule has 0 unspecified atom stereocenters. The number of pyridine rings is 1. The first-order valence-corrected chi connectivity index (χ1v) is 5.44. The van der Waals surface area contributed by atoms with Crippen molar-refractivity contribution >= 4 is 16.7 Å². The Hall–Kier alpha value is -1.78. The van der Waals surface area contributed by atoms with Gasteiger partial charge in [0.15, 0.2) is 5.82 Å². The molecule has 5 heteroatoms. The second kappa shape index (κ2) is 2.87. The van der Waals surface area contributed by atoms with Gasteiger partial charge in [0.2, 0.25) is 0 Å². The first-order chi connectivity index (χ1) is 7.59. The van der Waals surface area contributed by atoms with Gasteiger partial charge < -0.3 is 10.3 Å². The Morgan fingerprint density at radius 2 is 2.19 bits per heavy atom. The third kappa shape index (κ3) is 1.11. The fourth-order valence-electron chi connectivity index (χ4n) is 2.28. The number of nitrogen functional groups attached to an aromatic ring is 1. The molecule has 1 aliphatic carbocycles. The summed E-state index contributed by atoms with van der Waals surface area (Å²) in [6, 6.07) is 2.36. The molecular formula is C11H14N4O. The van der Waals surface area contributed by atoms with Crippen molar-refractivity contribution in [2.45, 2.75) is 25.8 Å². The Morgan fingerprint density at radius 3 is 2.81 bits per heavy atom. The van der Waals surface area contributed by atoms with Crippen LogP contribution in [0.3, 0.4) is 0 Å². The van der Waals surface area contributed by atoms with Gasteiger partial charge in [-0.15, -0.1) is 0 Å². The molecule has 2 aromatic rings. The molecule has 5 nitrogen and oxygen atoms in total. The number of aryl methyl sites for hydroxylation is 2. The van der Waals surface area contributed by atoms with Gasteiger partial charge >= 0.3 is 0 Å². The van der Waals surface area contributed by atoms with Gasteiger partial charge in [-0.3, -0.25) is 9.48 Å². The van der Waals surface area contributed by atoms with E-state index in [0.717, 1.165) is 24.1 Å². The van der Waals surface area contributed by atoms with Gasteiger partial charge in [-0.1, -0.05) is 0 Å². The molecule has 3 rings (SSSR count). The number of hydrogen-bond acceptors (Lipinski definition) is 3. The molecule has 1 saturated carbocycles. The molecule has 84 valence electrons. The molecule has 0 spiro atoms. The molecule has 2 aromatic heterocycles. The van der Waals surface area contributed by atoms with Crippen LogP contribution in [0.5, 0.6) is 0 Å². The standard InChI is InChI=1S/C11H14N4O/c1-6-5-8-9(10(12)13-14(8)2)11(16)15(6)7-3-4-7/h5,7H,3-4H2,1-2H3,(H2,12,13). The van der Waals surface area contributed by atoms with Crippen molar-refractivity contribution in [2.75, 3.05) is 5.73 Å². The highest BCUT2D eigenvalue weighted by Gasteiger charge is 2.27. The van der Waals surface area contributed by atoms with Crippen molar-refractivity contribution in [1.29, 1.82) is 0 Å². The molecule has 0 aliphatic heterocycles. The smallest absolute Gasteiger partial charge is 0.264 e. The molecule has 0 radical (unpaired) electrons.